The smallest absolute Gasteiger partial charge is 0.0564 e. The first-order chi connectivity index (χ1) is 8.28. The molecule has 1 saturated carbocycles. The first-order valence-corrected chi connectivity index (χ1v) is 6.65. The number of aromatic nitrogens is 1. The molecule has 1 aliphatic carbocycles. The van der Waals surface area contributed by atoms with Gasteiger partial charge in [-0.3, -0.25) is 4.98 Å². The summed E-state index contributed by atoms with van der Waals surface area (Å²) in [6.07, 6.45) is 5.88. The van der Waals surface area contributed by atoms with Crippen LogP contribution in [0.25, 0.3) is 0 Å². The molecule has 0 spiro atoms. The number of hydrogen-bond donors (Lipinski definition) is 1. The van der Waals surface area contributed by atoms with Gasteiger partial charge >= 0.3 is 0 Å². The van der Waals surface area contributed by atoms with Gasteiger partial charge in [-0.2, -0.15) is 0 Å². The Balaban J connectivity index is 1.85. The molecule has 1 N–H and O–H groups in total. The van der Waals surface area contributed by atoms with Gasteiger partial charge in [0.2, 0.25) is 0 Å². The van der Waals surface area contributed by atoms with Gasteiger partial charge in [0.05, 0.1) is 5.69 Å². The van der Waals surface area contributed by atoms with Crippen LogP contribution < -0.4 is 5.32 Å². The summed E-state index contributed by atoms with van der Waals surface area (Å²) in [5, 5.41) is 3.40. The van der Waals surface area contributed by atoms with Crippen molar-refractivity contribution < 1.29 is 0 Å². The fraction of sp³-hybridized carbons (Fsp3) is 0.643. The molecule has 1 heterocycles. The van der Waals surface area contributed by atoms with E-state index >= 15 is 0 Å². The first kappa shape index (κ1) is 12.4. The van der Waals surface area contributed by atoms with Crippen molar-refractivity contribution in [3.63, 3.8) is 0 Å². The van der Waals surface area contributed by atoms with Gasteiger partial charge in [-0.25, -0.2) is 0 Å². The minimum absolute atomic E-state index is 0.946. The van der Waals surface area contributed by atoms with Crippen LogP contribution in [-0.4, -0.2) is 30.0 Å². The third-order valence-electron chi connectivity index (χ3n) is 3.09. The topological polar surface area (TPSA) is 28.2 Å². The number of rotatable bonds is 7. The molecule has 0 saturated heterocycles. The van der Waals surface area contributed by atoms with E-state index in [1.165, 1.54) is 25.1 Å². The highest BCUT2D eigenvalue weighted by molar-refractivity contribution is 5.43. The average Bonchev–Trinajstić information content (AvgIpc) is 3.10. The van der Waals surface area contributed by atoms with Crippen molar-refractivity contribution in [2.45, 2.75) is 32.7 Å². The van der Waals surface area contributed by atoms with E-state index in [0.29, 0.717) is 0 Å². The van der Waals surface area contributed by atoms with Crippen LogP contribution in [-0.2, 0) is 6.54 Å². The molecular formula is C14H23N3. The van der Waals surface area contributed by atoms with Crippen LogP contribution in [0.3, 0.4) is 0 Å². The highest BCUT2D eigenvalue weighted by Crippen LogP contribution is 2.29. The van der Waals surface area contributed by atoms with Crippen LogP contribution in [0.2, 0.25) is 0 Å². The van der Waals surface area contributed by atoms with E-state index in [0.717, 1.165) is 31.1 Å². The molecule has 0 aromatic carbocycles. The SMILES string of the molecule is CCCNc1ccnc(CN(C)CC2CC2)c1. The molecule has 2 rings (SSSR count). The van der Waals surface area contributed by atoms with Crippen molar-refractivity contribution in [2.75, 3.05) is 25.5 Å². The Morgan fingerprint density at radius 1 is 1.47 bits per heavy atom. The number of anilines is 1. The van der Waals surface area contributed by atoms with E-state index < -0.39 is 0 Å². The molecule has 94 valence electrons. The lowest BCUT2D eigenvalue weighted by Crippen LogP contribution is -2.21. The van der Waals surface area contributed by atoms with E-state index in [1.54, 1.807) is 0 Å². The molecule has 1 fully saturated rings. The van der Waals surface area contributed by atoms with Crippen LogP contribution in [0.5, 0.6) is 0 Å². The predicted octanol–water partition coefficient (Wildman–Crippen LogP) is 2.75. The second-order valence-corrected chi connectivity index (χ2v) is 5.10. The molecule has 3 heteroatoms. The fourth-order valence-electron chi connectivity index (χ4n) is 2.03. The molecule has 0 unspecified atom stereocenters. The predicted molar refractivity (Wildman–Crippen MR) is 72.1 cm³/mol. The summed E-state index contributed by atoms with van der Waals surface area (Å²) in [7, 11) is 2.19. The Hall–Kier alpha value is -1.09. The summed E-state index contributed by atoms with van der Waals surface area (Å²) in [6.45, 7) is 5.38. The van der Waals surface area contributed by atoms with Gasteiger partial charge < -0.3 is 10.2 Å². The Kier molecular flexibility index (Phi) is 4.37. The van der Waals surface area contributed by atoms with Crippen LogP contribution in [0.1, 0.15) is 31.9 Å². The van der Waals surface area contributed by atoms with Gasteiger partial charge in [-0.15, -0.1) is 0 Å². The van der Waals surface area contributed by atoms with Gasteiger partial charge in [0.25, 0.3) is 0 Å². The number of nitrogens with one attached hydrogen (secondary N) is 1. The summed E-state index contributed by atoms with van der Waals surface area (Å²) in [6, 6.07) is 4.21. The number of nitrogens with zero attached hydrogens (tertiary/aromatic N) is 2. The maximum Gasteiger partial charge on any atom is 0.0564 e. The molecule has 0 atom stereocenters. The minimum atomic E-state index is 0.946. The standard InChI is InChI=1S/C14H23N3/c1-3-7-15-13-6-8-16-14(9-13)11-17(2)10-12-4-5-12/h6,8-9,12H,3-5,7,10-11H2,1-2H3,(H,15,16). The van der Waals surface area contributed by atoms with Gasteiger partial charge in [0, 0.05) is 31.5 Å². The third kappa shape index (κ3) is 4.35. The largest absolute Gasteiger partial charge is 0.385 e. The van der Waals surface area contributed by atoms with Crippen molar-refractivity contribution in [1.82, 2.24) is 9.88 Å². The van der Waals surface area contributed by atoms with Crippen molar-refractivity contribution >= 4 is 5.69 Å². The van der Waals surface area contributed by atoms with Crippen molar-refractivity contribution in [2.24, 2.45) is 5.92 Å². The van der Waals surface area contributed by atoms with E-state index in [2.05, 4.69) is 35.2 Å². The third-order valence-corrected chi connectivity index (χ3v) is 3.09. The lowest BCUT2D eigenvalue weighted by molar-refractivity contribution is 0.309. The molecule has 0 amide bonds. The molecule has 3 nitrogen and oxygen atoms in total. The summed E-state index contributed by atoms with van der Waals surface area (Å²) in [5.41, 5.74) is 2.35. The molecular weight excluding hydrogens is 210 g/mol. The fourth-order valence-corrected chi connectivity index (χ4v) is 2.03. The highest BCUT2D eigenvalue weighted by Gasteiger charge is 2.22. The van der Waals surface area contributed by atoms with E-state index in [9.17, 15) is 0 Å². The first-order valence-electron chi connectivity index (χ1n) is 6.65. The highest BCUT2D eigenvalue weighted by atomic mass is 15.1. The summed E-state index contributed by atoms with van der Waals surface area (Å²) < 4.78 is 0. The Morgan fingerprint density at radius 3 is 3.00 bits per heavy atom. The molecule has 17 heavy (non-hydrogen) atoms. The normalized spacial score (nSPS) is 15.2. The summed E-state index contributed by atoms with van der Waals surface area (Å²) in [5.74, 6) is 0.946. The monoisotopic (exact) mass is 233 g/mol. The average molecular weight is 233 g/mol. The lowest BCUT2D eigenvalue weighted by Gasteiger charge is -2.16. The number of pyridine rings is 1. The summed E-state index contributed by atoms with van der Waals surface area (Å²) >= 11 is 0. The zero-order valence-electron chi connectivity index (χ0n) is 10.9. The van der Waals surface area contributed by atoms with Crippen LogP contribution in [0, 0.1) is 5.92 Å². The van der Waals surface area contributed by atoms with Crippen molar-refractivity contribution in [1.29, 1.82) is 0 Å². The van der Waals surface area contributed by atoms with Crippen molar-refractivity contribution in [3.8, 4) is 0 Å². The number of hydrogen-bond acceptors (Lipinski definition) is 3. The zero-order valence-corrected chi connectivity index (χ0v) is 10.9. The van der Waals surface area contributed by atoms with Crippen molar-refractivity contribution in [3.05, 3.63) is 24.0 Å². The van der Waals surface area contributed by atoms with Gasteiger partial charge in [0.15, 0.2) is 0 Å². The van der Waals surface area contributed by atoms with E-state index in [-0.39, 0.29) is 0 Å². The lowest BCUT2D eigenvalue weighted by atomic mass is 10.3. The molecule has 0 radical (unpaired) electrons. The maximum absolute atomic E-state index is 4.43. The van der Waals surface area contributed by atoms with Gasteiger partial charge in [0.1, 0.15) is 0 Å². The van der Waals surface area contributed by atoms with Gasteiger partial charge in [-0.1, -0.05) is 6.92 Å². The maximum atomic E-state index is 4.43. The van der Waals surface area contributed by atoms with E-state index in [4.69, 9.17) is 0 Å². The Bertz CT molecular complexity index is 347. The Labute approximate surface area is 104 Å². The molecule has 1 aliphatic rings. The molecule has 1 aromatic heterocycles. The minimum Gasteiger partial charge on any atom is -0.385 e. The van der Waals surface area contributed by atoms with Crippen LogP contribution in [0.15, 0.2) is 18.3 Å². The molecule has 0 aliphatic heterocycles. The Morgan fingerprint density at radius 2 is 2.29 bits per heavy atom. The van der Waals surface area contributed by atoms with Crippen LogP contribution in [0.4, 0.5) is 5.69 Å². The molecule has 0 bridgehead atoms. The van der Waals surface area contributed by atoms with Crippen LogP contribution >= 0.6 is 0 Å². The second kappa shape index (κ2) is 6.01. The zero-order chi connectivity index (χ0) is 12.1. The quantitative estimate of drug-likeness (QED) is 0.785. The van der Waals surface area contributed by atoms with E-state index in [1.807, 2.05) is 12.3 Å². The second-order valence-electron chi connectivity index (χ2n) is 5.10. The molecule has 1 aromatic rings. The summed E-state index contributed by atoms with van der Waals surface area (Å²) in [4.78, 5) is 6.81. The van der Waals surface area contributed by atoms with Gasteiger partial charge in [-0.05, 0) is 44.4 Å².